The maximum Gasteiger partial charge on any atom is 0.262 e. The lowest BCUT2D eigenvalue weighted by Gasteiger charge is -2.29. The highest BCUT2D eigenvalue weighted by Crippen LogP contribution is 2.47. The number of nitrogens with zero attached hydrogens (tertiary/aromatic N) is 2. The summed E-state index contributed by atoms with van der Waals surface area (Å²) < 4.78 is 1.61. The summed E-state index contributed by atoms with van der Waals surface area (Å²) in [5.41, 5.74) is 2.78. The van der Waals surface area contributed by atoms with Crippen LogP contribution in [-0.2, 0) is 9.59 Å². The minimum absolute atomic E-state index is 0.0927. The number of carbonyl (C=O) groups is 2. The predicted molar refractivity (Wildman–Crippen MR) is 69.5 cm³/mol. The molecule has 0 aromatic carbocycles. The molecule has 2 aliphatic rings. The Morgan fingerprint density at radius 2 is 2.22 bits per heavy atom. The van der Waals surface area contributed by atoms with Crippen molar-refractivity contribution in [2.75, 3.05) is 11.2 Å². The van der Waals surface area contributed by atoms with Crippen LogP contribution >= 0.6 is 11.8 Å². The Morgan fingerprint density at radius 3 is 2.94 bits per heavy atom. The van der Waals surface area contributed by atoms with Gasteiger partial charge in [-0.1, -0.05) is 0 Å². The molecule has 2 fully saturated rings. The highest BCUT2D eigenvalue weighted by atomic mass is 32.2. The predicted octanol–water partition coefficient (Wildman–Crippen LogP) is 1.01. The molecule has 0 radical (unpaired) electrons. The molecule has 6 heteroatoms. The smallest absolute Gasteiger partial charge is 0.262 e. The first-order valence-electron chi connectivity index (χ1n) is 6.00. The molecule has 0 bridgehead atoms. The number of hydrogen-bond donors (Lipinski definition) is 1. The fourth-order valence-corrected chi connectivity index (χ4v) is 4.06. The van der Waals surface area contributed by atoms with Crippen LogP contribution in [0.5, 0.6) is 0 Å². The van der Waals surface area contributed by atoms with E-state index in [0.29, 0.717) is 12.2 Å². The second-order valence-electron chi connectivity index (χ2n) is 4.83. The van der Waals surface area contributed by atoms with Crippen LogP contribution < -0.4 is 5.43 Å². The van der Waals surface area contributed by atoms with Crippen LogP contribution in [0.25, 0.3) is 0 Å². The van der Waals surface area contributed by atoms with Crippen molar-refractivity contribution in [1.29, 1.82) is 0 Å². The SMILES string of the molecule is CC12CCC(=O)N1C(C(=O)Nn1cccc1)CS2. The summed E-state index contributed by atoms with van der Waals surface area (Å²) in [7, 11) is 0. The molecule has 2 aliphatic heterocycles. The van der Waals surface area contributed by atoms with Crippen molar-refractivity contribution in [3.63, 3.8) is 0 Å². The van der Waals surface area contributed by atoms with E-state index in [2.05, 4.69) is 5.43 Å². The van der Waals surface area contributed by atoms with Gasteiger partial charge in [0.15, 0.2) is 0 Å². The highest BCUT2D eigenvalue weighted by Gasteiger charge is 2.52. The van der Waals surface area contributed by atoms with Crippen LogP contribution in [0.4, 0.5) is 0 Å². The van der Waals surface area contributed by atoms with Crippen molar-refractivity contribution in [1.82, 2.24) is 9.58 Å². The Bertz CT molecular complexity index is 488. The first-order chi connectivity index (χ1) is 8.60. The fourth-order valence-electron chi connectivity index (χ4n) is 2.63. The van der Waals surface area contributed by atoms with E-state index in [1.165, 1.54) is 0 Å². The van der Waals surface area contributed by atoms with Gasteiger partial charge in [0.25, 0.3) is 5.91 Å². The van der Waals surface area contributed by atoms with E-state index < -0.39 is 0 Å². The fraction of sp³-hybridized carbons (Fsp3) is 0.500. The monoisotopic (exact) mass is 265 g/mol. The molecule has 2 saturated heterocycles. The van der Waals surface area contributed by atoms with E-state index in [-0.39, 0.29) is 22.7 Å². The number of carbonyl (C=O) groups excluding carboxylic acids is 2. The van der Waals surface area contributed by atoms with E-state index in [4.69, 9.17) is 0 Å². The van der Waals surface area contributed by atoms with E-state index in [0.717, 1.165) is 6.42 Å². The molecule has 0 aliphatic carbocycles. The van der Waals surface area contributed by atoms with Crippen LogP contribution in [0.1, 0.15) is 19.8 Å². The van der Waals surface area contributed by atoms with Crippen LogP contribution in [-0.4, -0.2) is 38.1 Å². The van der Waals surface area contributed by atoms with Crippen molar-refractivity contribution in [3.8, 4) is 0 Å². The molecule has 3 heterocycles. The van der Waals surface area contributed by atoms with Crippen LogP contribution in [0.2, 0.25) is 0 Å². The minimum Gasteiger partial charge on any atom is -0.315 e. The van der Waals surface area contributed by atoms with Gasteiger partial charge in [0.1, 0.15) is 6.04 Å². The van der Waals surface area contributed by atoms with Crippen molar-refractivity contribution in [2.45, 2.75) is 30.7 Å². The Hall–Kier alpha value is -1.43. The maximum absolute atomic E-state index is 12.2. The third kappa shape index (κ3) is 1.71. The summed E-state index contributed by atoms with van der Waals surface area (Å²) >= 11 is 1.70. The van der Waals surface area contributed by atoms with Gasteiger partial charge in [-0.25, -0.2) is 0 Å². The molecule has 0 saturated carbocycles. The van der Waals surface area contributed by atoms with Gasteiger partial charge in [0.2, 0.25) is 5.91 Å². The van der Waals surface area contributed by atoms with E-state index in [9.17, 15) is 9.59 Å². The minimum atomic E-state index is -0.350. The number of nitrogens with one attached hydrogen (secondary N) is 1. The molecule has 18 heavy (non-hydrogen) atoms. The van der Waals surface area contributed by atoms with Crippen molar-refractivity contribution < 1.29 is 9.59 Å². The van der Waals surface area contributed by atoms with E-state index in [1.54, 1.807) is 33.7 Å². The maximum atomic E-state index is 12.2. The Morgan fingerprint density at radius 1 is 1.50 bits per heavy atom. The molecule has 2 amide bonds. The van der Waals surface area contributed by atoms with Crippen LogP contribution in [0, 0.1) is 0 Å². The topological polar surface area (TPSA) is 54.3 Å². The van der Waals surface area contributed by atoms with Gasteiger partial charge in [0.05, 0.1) is 4.87 Å². The van der Waals surface area contributed by atoms with Gasteiger partial charge in [-0.2, -0.15) is 0 Å². The Kier molecular flexibility index (Phi) is 2.62. The summed E-state index contributed by atoms with van der Waals surface area (Å²) in [6.07, 6.45) is 4.93. The summed E-state index contributed by atoms with van der Waals surface area (Å²) in [4.78, 5) is 25.7. The normalized spacial score (nSPS) is 30.6. The number of amides is 2. The summed E-state index contributed by atoms with van der Waals surface area (Å²) in [5, 5.41) is 0. The number of fused-ring (bicyclic) bond motifs is 1. The second kappa shape index (κ2) is 4.05. The molecule has 3 rings (SSSR count). The first kappa shape index (κ1) is 11.6. The highest BCUT2D eigenvalue weighted by molar-refractivity contribution is 8.01. The Balaban J connectivity index is 1.77. The van der Waals surface area contributed by atoms with Gasteiger partial charge in [0, 0.05) is 24.6 Å². The van der Waals surface area contributed by atoms with Gasteiger partial charge in [-0.3, -0.25) is 19.7 Å². The molecular weight excluding hydrogens is 250 g/mol. The molecule has 2 unspecified atom stereocenters. The standard InChI is InChI=1S/C12H15N3O2S/c1-12-5-4-10(16)15(12)9(8-18-12)11(17)13-14-6-2-3-7-14/h2-3,6-7,9H,4-5,8H2,1H3,(H,13,17). The van der Waals surface area contributed by atoms with E-state index >= 15 is 0 Å². The van der Waals surface area contributed by atoms with Crippen molar-refractivity contribution in [2.24, 2.45) is 0 Å². The zero-order valence-corrected chi connectivity index (χ0v) is 10.9. The number of thioether (sulfide) groups is 1. The van der Waals surface area contributed by atoms with Crippen molar-refractivity contribution >= 4 is 23.6 Å². The lowest BCUT2D eigenvalue weighted by Crippen LogP contribution is -2.49. The molecule has 96 valence electrons. The molecular formula is C12H15N3O2S. The Labute approximate surface area is 109 Å². The van der Waals surface area contributed by atoms with Crippen LogP contribution in [0.3, 0.4) is 0 Å². The van der Waals surface area contributed by atoms with Gasteiger partial charge >= 0.3 is 0 Å². The summed E-state index contributed by atoms with van der Waals surface area (Å²) in [5.74, 6) is 0.655. The van der Waals surface area contributed by atoms with Gasteiger partial charge in [-0.15, -0.1) is 11.8 Å². The molecule has 5 nitrogen and oxygen atoms in total. The molecule has 1 aromatic rings. The van der Waals surface area contributed by atoms with Crippen molar-refractivity contribution in [3.05, 3.63) is 24.5 Å². The summed E-state index contributed by atoms with van der Waals surface area (Å²) in [6, 6.07) is 3.33. The number of rotatable bonds is 2. The van der Waals surface area contributed by atoms with Gasteiger partial charge < -0.3 is 4.90 Å². The van der Waals surface area contributed by atoms with Gasteiger partial charge in [-0.05, 0) is 25.5 Å². The summed E-state index contributed by atoms with van der Waals surface area (Å²) in [6.45, 7) is 2.05. The first-order valence-corrected chi connectivity index (χ1v) is 6.99. The lowest BCUT2D eigenvalue weighted by atomic mass is 10.2. The average molecular weight is 265 g/mol. The third-order valence-electron chi connectivity index (χ3n) is 3.59. The largest absolute Gasteiger partial charge is 0.315 e. The number of hydrogen-bond acceptors (Lipinski definition) is 3. The average Bonchev–Trinajstić information content (AvgIpc) is 2.99. The second-order valence-corrected chi connectivity index (χ2v) is 6.33. The third-order valence-corrected chi connectivity index (χ3v) is 5.10. The zero-order chi connectivity index (χ0) is 12.8. The number of aromatic nitrogens is 1. The zero-order valence-electron chi connectivity index (χ0n) is 10.1. The lowest BCUT2D eigenvalue weighted by molar-refractivity contribution is -0.136. The quantitative estimate of drug-likeness (QED) is 0.868. The molecule has 0 spiro atoms. The molecule has 2 atom stereocenters. The van der Waals surface area contributed by atoms with Crippen LogP contribution in [0.15, 0.2) is 24.5 Å². The molecule has 1 aromatic heterocycles. The van der Waals surface area contributed by atoms with E-state index in [1.807, 2.05) is 19.1 Å². The molecule has 1 N–H and O–H groups in total.